The molecule has 3 atom stereocenters. The van der Waals surface area contributed by atoms with E-state index in [1.807, 2.05) is 24.3 Å². The molecule has 0 spiro atoms. The topological polar surface area (TPSA) is 130 Å². The largest absolute Gasteiger partial charge is 0.487 e. The van der Waals surface area contributed by atoms with Gasteiger partial charge >= 0.3 is 5.97 Å². The third-order valence-corrected chi connectivity index (χ3v) is 10.2. The maximum Gasteiger partial charge on any atom is 0.326 e. The monoisotopic (exact) mass is 563 g/mol. The number of rotatable bonds is 8. The number of hydrogen-bond donors (Lipinski definition) is 3. The summed E-state index contributed by atoms with van der Waals surface area (Å²) in [6.45, 7) is 0.0843. The summed E-state index contributed by atoms with van der Waals surface area (Å²) in [4.78, 5) is 26.6. The van der Waals surface area contributed by atoms with Gasteiger partial charge in [-0.25, -0.2) is 13.2 Å². The molecule has 4 fully saturated rings. The third-order valence-electron chi connectivity index (χ3n) is 9.07. The van der Waals surface area contributed by atoms with Crippen molar-refractivity contribution in [2.24, 2.45) is 17.3 Å². The lowest BCUT2D eigenvalue weighted by atomic mass is 9.46. The van der Waals surface area contributed by atoms with Crippen LogP contribution in [0.1, 0.15) is 54.4 Å². The molecule has 40 heavy (non-hydrogen) atoms. The van der Waals surface area contributed by atoms with Gasteiger partial charge in [0.25, 0.3) is 5.91 Å². The van der Waals surface area contributed by atoms with Gasteiger partial charge < -0.3 is 20.3 Å². The van der Waals surface area contributed by atoms with E-state index >= 15 is 0 Å². The van der Waals surface area contributed by atoms with E-state index in [1.165, 1.54) is 12.1 Å². The van der Waals surface area contributed by atoms with E-state index in [0.29, 0.717) is 43.2 Å². The summed E-state index contributed by atoms with van der Waals surface area (Å²) in [5.41, 5.74) is -0.593. The van der Waals surface area contributed by atoms with Crippen LogP contribution in [0, 0.1) is 17.3 Å². The second-order valence-corrected chi connectivity index (χ2v) is 14.2. The molecule has 1 amide bonds. The molecule has 0 heterocycles. The molecule has 3 aromatic rings. The van der Waals surface area contributed by atoms with Gasteiger partial charge in [-0.3, -0.25) is 4.79 Å². The fraction of sp³-hybridized carbons (Fsp3) is 0.419. The van der Waals surface area contributed by atoms with Gasteiger partial charge in [0.2, 0.25) is 0 Å². The summed E-state index contributed by atoms with van der Waals surface area (Å²) in [7, 11) is -3.33. The molecular formula is C31H33NO7S. The number of aliphatic hydroxyl groups is 1. The highest BCUT2D eigenvalue weighted by Crippen LogP contribution is 2.62. The average molecular weight is 564 g/mol. The molecule has 4 aliphatic carbocycles. The Morgan fingerprint density at radius 3 is 2.30 bits per heavy atom. The molecule has 4 saturated carbocycles. The van der Waals surface area contributed by atoms with Crippen LogP contribution in [0.5, 0.6) is 5.75 Å². The SMILES string of the molecule is CS(=O)(=O)c1ccc(COc2c(C(=O)NC(C(=O)O)C34CC5CC(CC(O)(C5)C3)C4)ccc3ccccc23)cc1. The zero-order chi connectivity index (χ0) is 28.3. The number of fused-ring (bicyclic) bond motifs is 1. The maximum atomic E-state index is 13.8. The van der Waals surface area contributed by atoms with Crippen LogP contribution in [-0.4, -0.2) is 48.4 Å². The van der Waals surface area contributed by atoms with E-state index < -0.39 is 38.8 Å². The van der Waals surface area contributed by atoms with Crippen molar-refractivity contribution >= 4 is 32.5 Å². The Bertz CT molecular complexity index is 1580. The molecule has 4 aliphatic rings. The van der Waals surface area contributed by atoms with Crippen LogP contribution in [0.3, 0.4) is 0 Å². The van der Waals surface area contributed by atoms with Gasteiger partial charge in [0.05, 0.1) is 16.1 Å². The number of benzene rings is 3. The highest BCUT2D eigenvalue weighted by Gasteiger charge is 2.61. The van der Waals surface area contributed by atoms with Gasteiger partial charge in [0, 0.05) is 17.1 Å². The minimum absolute atomic E-state index is 0.0843. The number of hydrogen-bond acceptors (Lipinski definition) is 6. The molecular weight excluding hydrogens is 530 g/mol. The normalized spacial score (nSPS) is 27.9. The first-order valence-corrected chi connectivity index (χ1v) is 15.5. The number of carbonyl (C=O) groups is 2. The molecule has 0 aliphatic heterocycles. The summed E-state index contributed by atoms with van der Waals surface area (Å²) in [5, 5.41) is 25.9. The molecule has 8 nitrogen and oxygen atoms in total. The molecule has 3 aromatic carbocycles. The number of ether oxygens (including phenoxy) is 1. The number of amides is 1. The van der Waals surface area contributed by atoms with E-state index in [2.05, 4.69) is 5.32 Å². The number of carboxylic acid groups (broad SMARTS) is 1. The second-order valence-electron chi connectivity index (χ2n) is 12.2. The van der Waals surface area contributed by atoms with Crippen LogP contribution in [0.15, 0.2) is 65.6 Å². The fourth-order valence-electron chi connectivity index (χ4n) is 7.87. The average Bonchev–Trinajstić information content (AvgIpc) is 2.88. The van der Waals surface area contributed by atoms with E-state index in [4.69, 9.17) is 4.74 Å². The highest BCUT2D eigenvalue weighted by atomic mass is 32.2. The number of nitrogens with one attached hydrogen (secondary N) is 1. The lowest BCUT2D eigenvalue weighted by Gasteiger charge is -2.61. The number of sulfone groups is 1. The number of carboxylic acids is 1. The Hall–Kier alpha value is -3.43. The van der Waals surface area contributed by atoms with Crippen LogP contribution in [-0.2, 0) is 21.2 Å². The first-order valence-electron chi connectivity index (χ1n) is 13.6. The van der Waals surface area contributed by atoms with Crippen molar-refractivity contribution < 1.29 is 33.0 Å². The summed E-state index contributed by atoms with van der Waals surface area (Å²) in [6.07, 6.45) is 5.33. The predicted molar refractivity (Wildman–Crippen MR) is 149 cm³/mol. The molecule has 210 valence electrons. The van der Waals surface area contributed by atoms with Crippen LogP contribution in [0.25, 0.3) is 10.8 Å². The summed E-state index contributed by atoms with van der Waals surface area (Å²) >= 11 is 0. The first-order chi connectivity index (χ1) is 18.9. The lowest BCUT2D eigenvalue weighted by Crippen LogP contribution is -2.64. The predicted octanol–water partition coefficient (Wildman–Crippen LogP) is 4.34. The van der Waals surface area contributed by atoms with Gasteiger partial charge in [-0.2, -0.15) is 0 Å². The van der Waals surface area contributed by atoms with Crippen molar-refractivity contribution in [1.82, 2.24) is 5.32 Å². The molecule has 3 unspecified atom stereocenters. The van der Waals surface area contributed by atoms with Crippen molar-refractivity contribution in [1.29, 1.82) is 0 Å². The lowest BCUT2D eigenvalue weighted by molar-refractivity contribution is -0.181. The van der Waals surface area contributed by atoms with Gasteiger partial charge in [0.1, 0.15) is 18.4 Å². The molecule has 0 saturated heterocycles. The third kappa shape index (κ3) is 4.86. The zero-order valence-electron chi connectivity index (χ0n) is 22.3. The number of aliphatic carboxylic acids is 1. The van der Waals surface area contributed by atoms with Gasteiger partial charge in [-0.15, -0.1) is 0 Å². The quantitative estimate of drug-likeness (QED) is 0.372. The van der Waals surface area contributed by atoms with Crippen molar-refractivity contribution in [2.75, 3.05) is 6.26 Å². The van der Waals surface area contributed by atoms with Crippen LogP contribution in [0.2, 0.25) is 0 Å². The zero-order valence-corrected chi connectivity index (χ0v) is 23.1. The smallest absolute Gasteiger partial charge is 0.326 e. The van der Waals surface area contributed by atoms with Crippen molar-refractivity contribution in [3.05, 3.63) is 71.8 Å². The Kier molecular flexibility index (Phi) is 6.42. The van der Waals surface area contributed by atoms with Gasteiger partial charge in [0.15, 0.2) is 9.84 Å². The molecule has 0 radical (unpaired) electrons. The van der Waals surface area contributed by atoms with Crippen molar-refractivity contribution in [3.63, 3.8) is 0 Å². The summed E-state index contributed by atoms with van der Waals surface area (Å²) in [5.74, 6) is -0.746. The van der Waals surface area contributed by atoms with E-state index in [0.717, 1.165) is 23.6 Å². The Labute approximate surface area is 233 Å². The molecule has 7 rings (SSSR count). The van der Waals surface area contributed by atoms with Crippen molar-refractivity contribution in [3.8, 4) is 5.75 Å². The van der Waals surface area contributed by atoms with Crippen molar-refractivity contribution in [2.45, 2.75) is 61.7 Å². The molecule has 3 N–H and O–H groups in total. The van der Waals surface area contributed by atoms with Crippen LogP contribution < -0.4 is 10.1 Å². The van der Waals surface area contributed by atoms with E-state index in [1.54, 1.807) is 24.3 Å². The van der Waals surface area contributed by atoms with Gasteiger partial charge in [-0.1, -0.05) is 42.5 Å². The van der Waals surface area contributed by atoms with E-state index in [-0.39, 0.29) is 28.9 Å². The molecule has 0 aromatic heterocycles. The minimum Gasteiger partial charge on any atom is -0.487 e. The minimum atomic E-state index is -3.33. The fourth-order valence-corrected chi connectivity index (χ4v) is 8.50. The van der Waals surface area contributed by atoms with Gasteiger partial charge in [-0.05, 0) is 79.5 Å². The molecule has 9 heteroatoms. The highest BCUT2D eigenvalue weighted by molar-refractivity contribution is 7.90. The number of carbonyl (C=O) groups excluding carboxylic acids is 1. The maximum absolute atomic E-state index is 13.8. The summed E-state index contributed by atoms with van der Waals surface area (Å²) in [6, 6.07) is 16.2. The van der Waals surface area contributed by atoms with E-state index in [9.17, 15) is 28.2 Å². The van der Waals surface area contributed by atoms with Crippen LogP contribution >= 0.6 is 0 Å². The van der Waals surface area contributed by atoms with Crippen LogP contribution in [0.4, 0.5) is 0 Å². The Morgan fingerprint density at radius 1 is 1.00 bits per heavy atom. The first kappa shape index (κ1) is 26.8. The Balaban J connectivity index is 1.30. The molecule has 4 bridgehead atoms. The Morgan fingerprint density at radius 2 is 1.68 bits per heavy atom. The second kappa shape index (κ2) is 9.59. The standard InChI is InChI=1S/C31H33NO7S/c1-40(37,38)23-9-6-19(7-10-23)17-39-26-24-5-3-2-4-22(24)8-11-25(26)28(33)32-27(29(34)35)30-13-20-12-21(14-30)16-31(36,15-20)18-30/h2-11,20-21,27,36H,12-18H2,1H3,(H,32,33)(H,34,35). The summed E-state index contributed by atoms with van der Waals surface area (Å²) < 4.78 is 29.8.